The molecule has 1 aliphatic rings. The van der Waals surface area contributed by atoms with E-state index < -0.39 is 28.1 Å². The fraction of sp³-hybridized carbons (Fsp3) is 0.344. The fourth-order valence-electron chi connectivity index (χ4n) is 5.57. The van der Waals surface area contributed by atoms with Gasteiger partial charge in [-0.1, -0.05) is 48.5 Å². The third-order valence-electron chi connectivity index (χ3n) is 7.82. The number of fused-ring (bicyclic) bond motifs is 3. The van der Waals surface area contributed by atoms with Gasteiger partial charge in [-0.25, -0.2) is 22.7 Å². The van der Waals surface area contributed by atoms with Gasteiger partial charge in [0.1, 0.15) is 18.4 Å². The monoisotopic (exact) mass is 622 g/mol. The molecule has 1 atom stereocenters. The maximum absolute atomic E-state index is 13.0. The molecule has 0 bridgehead atoms. The second-order valence-corrected chi connectivity index (χ2v) is 12.3. The lowest BCUT2D eigenvalue weighted by molar-refractivity contribution is -0.139. The minimum absolute atomic E-state index is 0.0746. The average molecular weight is 623 g/mol. The Kier molecular flexibility index (Phi) is 10.1. The molecule has 12 heteroatoms. The lowest BCUT2D eigenvalue weighted by Crippen LogP contribution is -2.41. The number of guanidine groups is 1. The van der Waals surface area contributed by atoms with Crippen LogP contribution in [0.2, 0.25) is 0 Å². The van der Waals surface area contributed by atoms with Gasteiger partial charge in [0.25, 0.3) is 10.0 Å². The maximum Gasteiger partial charge on any atom is 0.407 e. The predicted octanol–water partition coefficient (Wildman–Crippen LogP) is 4.38. The minimum atomic E-state index is -3.99. The molecule has 0 saturated heterocycles. The van der Waals surface area contributed by atoms with E-state index in [0.717, 1.165) is 22.3 Å². The first-order chi connectivity index (χ1) is 20.9. The van der Waals surface area contributed by atoms with Gasteiger partial charge in [0.05, 0.1) is 12.0 Å². The highest BCUT2D eigenvalue weighted by Crippen LogP contribution is 2.44. The third-order valence-corrected chi connectivity index (χ3v) is 9.47. The van der Waals surface area contributed by atoms with Crippen LogP contribution in [0.4, 0.5) is 4.79 Å². The van der Waals surface area contributed by atoms with Crippen molar-refractivity contribution in [3.63, 3.8) is 0 Å². The number of hydrogen-bond donors (Lipinski definition) is 4. The van der Waals surface area contributed by atoms with Crippen LogP contribution in [0.3, 0.4) is 0 Å². The summed E-state index contributed by atoms with van der Waals surface area (Å²) in [7, 11) is -2.47. The van der Waals surface area contributed by atoms with Crippen molar-refractivity contribution in [2.45, 2.75) is 56.9 Å². The molecular formula is C32H38N4O7S. The number of nitrogens with one attached hydrogen (secondary N) is 2. The highest BCUT2D eigenvalue weighted by atomic mass is 32.2. The maximum atomic E-state index is 13.0. The normalized spacial score (nSPS) is 13.5. The molecule has 0 heterocycles. The number of carbonyl (C=O) groups is 2. The first-order valence-corrected chi connectivity index (χ1v) is 15.7. The molecule has 0 aromatic heterocycles. The number of carboxylic acid groups (broad SMARTS) is 1. The van der Waals surface area contributed by atoms with Crippen molar-refractivity contribution in [3.05, 3.63) is 82.4 Å². The number of rotatable bonds is 12. The number of aryl methyl sites for hydroxylation is 1. The van der Waals surface area contributed by atoms with E-state index in [2.05, 4.69) is 15.0 Å². The van der Waals surface area contributed by atoms with E-state index >= 15 is 0 Å². The first-order valence-electron chi connectivity index (χ1n) is 14.3. The SMILES string of the molecule is COc1cc(C)c(S(=O)(=O)NC(N)=NCCCC[C@@H](NC(=O)OCC2c3ccccc3-c3ccccc32)C(=O)O)c(C)c1C. The summed E-state index contributed by atoms with van der Waals surface area (Å²) in [6, 6.07) is 16.4. The van der Waals surface area contributed by atoms with E-state index in [9.17, 15) is 23.1 Å². The standard InChI is InChI=1S/C32H38N4O7S/c1-19-17-28(42-4)20(2)21(3)29(19)44(40,41)36-31(33)34-16-10-9-15-27(30(37)38)35-32(39)43-18-26-24-13-7-5-11-22(24)23-12-6-8-14-25(23)26/h5-8,11-14,17,26-27H,9-10,15-16,18H2,1-4H3,(H,35,39)(H,37,38)(H3,33,34,36)/t27-/m1/s1. The molecule has 0 fully saturated rings. The second kappa shape index (κ2) is 13.8. The van der Waals surface area contributed by atoms with E-state index in [1.807, 2.05) is 48.5 Å². The van der Waals surface area contributed by atoms with Crippen molar-refractivity contribution in [1.82, 2.24) is 10.0 Å². The van der Waals surface area contributed by atoms with Crippen LogP contribution in [0.1, 0.15) is 53.0 Å². The molecule has 3 aromatic carbocycles. The summed E-state index contributed by atoms with van der Waals surface area (Å²) in [5, 5.41) is 12.1. The molecular weight excluding hydrogens is 584 g/mol. The van der Waals surface area contributed by atoms with Crippen LogP contribution in [0.15, 0.2) is 64.5 Å². The van der Waals surface area contributed by atoms with Crippen molar-refractivity contribution in [1.29, 1.82) is 0 Å². The average Bonchev–Trinajstić information content (AvgIpc) is 3.30. The summed E-state index contributed by atoms with van der Waals surface area (Å²) < 4.78 is 39.1. The summed E-state index contributed by atoms with van der Waals surface area (Å²) >= 11 is 0. The number of amides is 1. The van der Waals surface area contributed by atoms with Crippen LogP contribution in [-0.2, 0) is 19.6 Å². The minimum Gasteiger partial charge on any atom is -0.496 e. The second-order valence-electron chi connectivity index (χ2n) is 10.7. The van der Waals surface area contributed by atoms with Crippen molar-refractivity contribution < 1.29 is 32.6 Å². The smallest absolute Gasteiger partial charge is 0.407 e. The Labute approximate surface area is 257 Å². The number of sulfonamides is 1. The Balaban J connectivity index is 1.26. The quantitative estimate of drug-likeness (QED) is 0.131. The van der Waals surface area contributed by atoms with Gasteiger partial charge < -0.3 is 25.6 Å². The van der Waals surface area contributed by atoms with Crippen LogP contribution < -0.4 is 20.5 Å². The topological polar surface area (TPSA) is 169 Å². The van der Waals surface area contributed by atoms with Crippen LogP contribution in [0.25, 0.3) is 11.1 Å². The van der Waals surface area contributed by atoms with Gasteiger partial charge >= 0.3 is 12.1 Å². The third kappa shape index (κ3) is 7.13. The van der Waals surface area contributed by atoms with Crippen LogP contribution in [-0.4, -0.2) is 57.8 Å². The Morgan fingerprint density at radius 2 is 1.61 bits per heavy atom. The predicted molar refractivity (Wildman–Crippen MR) is 167 cm³/mol. The zero-order valence-electron chi connectivity index (χ0n) is 25.2. The van der Waals surface area contributed by atoms with Crippen molar-refractivity contribution in [2.75, 3.05) is 20.3 Å². The number of aliphatic imine (C=N–C) groups is 1. The molecule has 0 saturated carbocycles. The van der Waals surface area contributed by atoms with Gasteiger partial charge in [0.15, 0.2) is 0 Å². The lowest BCUT2D eigenvalue weighted by Gasteiger charge is -2.17. The number of alkyl carbamates (subject to hydrolysis) is 1. The Bertz CT molecular complexity index is 1640. The number of aliphatic carboxylic acids is 1. The van der Waals surface area contributed by atoms with E-state index in [4.69, 9.17) is 15.2 Å². The molecule has 1 amide bonds. The molecule has 234 valence electrons. The van der Waals surface area contributed by atoms with Crippen molar-refractivity contribution in [2.24, 2.45) is 10.7 Å². The van der Waals surface area contributed by atoms with Crippen LogP contribution in [0.5, 0.6) is 5.75 Å². The Morgan fingerprint density at radius 3 is 2.20 bits per heavy atom. The number of nitrogens with zero attached hydrogens (tertiary/aromatic N) is 1. The number of carbonyl (C=O) groups excluding carboxylic acids is 1. The molecule has 0 unspecified atom stereocenters. The van der Waals surface area contributed by atoms with Gasteiger partial charge in [-0.15, -0.1) is 0 Å². The van der Waals surface area contributed by atoms with Gasteiger partial charge in [0.2, 0.25) is 5.96 Å². The summed E-state index contributed by atoms with van der Waals surface area (Å²) in [6.45, 7) is 5.38. The zero-order valence-corrected chi connectivity index (χ0v) is 26.0. The summed E-state index contributed by atoms with van der Waals surface area (Å²) in [6.07, 6.45) is 0.123. The van der Waals surface area contributed by atoms with Gasteiger partial charge in [0, 0.05) is 12.5 Å². The fourth-order valence-corrected chi connectivity index (χ4v) is 7.05. The lowest BCUT2D eigenvalue weighted by atomic mass is 9.98. The zero-order chi connectivity index (χ0) is 32.0. The molecule has 0 spiro atoms. The number of unbranched alkanes of at least 4 members (excludes halogenated alkanes) is 1. The number of methoxy groups -OCH3 is 1. The number of ether oxygens (including phenoxy) is 2. The Morgan fingerprint density at radius 1 is 1.00 bits per heavy atom. The largest absolute Gasteiger partial charge is 0.496 e. The van der Waals surface area contributed by atoms with Gasteiger partial charge in [-0.05, 0) is 85.0 Å². The van der Waals surface area contributed by atoms with Gasteiger partial charge in [-0.2, -0.15) is 0 Å². The molecule has 1 aliphatic carbocycles. The number of hydrogen-bond acceptors (Lipinski definition) is 7. The summed E-state index contributed by atoms with van der Waals surface area (Å²) in [5.74, 6) is -1.01. The van der Waals surface area contributed by atoms with E-state index in [0.29, 0.717) is 35.3 Å². The van der Waals surface area contributed by atoms with E-state index in [1.54, 1.807) is 26.8 Å². The van der Waals surface area contributed by atoms with Crippen molar-refractivity contribution in [3.8, 4) is 16.9 Å². The van der Waals surface area contributed by atoms with Crippen LogP contribution >= 0.6 is 0 Å². The number of carboxylic acids is 1. The molecule has 3 aromatic rings. The highest BCUT2D eigenvalue weighted by molar-refractivity contribution is 7.90. The number of benzene rings is 3. The highest BCUT2D eigenvalue weighted by Gasteiger charge is 2.30. The van der Waals surface area contributed by atoms with E-state index in [1.165, 1.54) is 7.11 Å². The molecule has 11 nitrogen and oxygen atoms in total. The summed E-state index contributed by atoms with van der Waals surface area (Å²) in [5.41, 5.74) is 11.9. The molecule has 0 aliphatic heterocycles. The van der Waals surface area contributed by atoms with Crippen molar-refractivity contribution >= 4 is 28.0 Å². The first kappa shape index (κ1) is 32.3. The van der Waals surface area contributed by atoms with E-state index in [-0.39, 0.29) is 36.3 Å². The Hall–Kier alpha value is -4.58. The van der Waals surface area contributed by atoms with Crippen LogP contribution in [0, 0.1) is 20.8 Å². The summed E-state index contributed by atoms with van der Waals surface area (Å²) in [4.78, 5) is 28.6. The molecule has 0 radical (unpaired) electrons. The molecule has 44 heavy (non-hydrogen) atoms. The molecule has 4 rings (SSSR count). The number of nitrogens with two attached hydrogens (primary N) is 1. The molecule has 5 N–H and O–H groups in total. The van der Waals surface area contributed by atoms with Gasteiger partial charge in [-0.3, -0.25) is 4.99 Å².